The molecule has 0 spiro atoms. The van der Waals surface area contributed by atoms with Crippen molar-refractivity contribution in [3.63, 3.8) is 0 Å². The molecule has 0 N–H and O–H groups in total. The quantitative estimate of drug-likeness (QED) is 0.685. The lowest BCUT2D eigenvalue weighted by Gasteiger charge is -2.23. The number of rotatable bonds is 3. The predicted molar refractivity (Wildman–Crippen MR) is 82.5 cm³/mol. The van der Waals surface area contributed by atoms with Crippen LogP contribution < -0.4 is 10.5 Å². The van der Waals surface area contributed by atoms with Crippen LogP contribution in [0.3, 0.4) is 0 Å². The molecule has 0 unspecified atom stereocenters. The standard InChI is InChI=1S/C16H17N3O/c1-3-18(4-2)15-11-14(20)17-16-13-8-6-5-7-12(13)9-10-19(15)16/h5-11H,3-4H2,1-2H3. The van der Waals surface area contributed by atoms with E-state index >= 15 is 0 Å². The Labute approximate surface area is 117 Å². The van der Waals surface area contributed by atoms with Crippen molar-refractivity contribution in [1.82, 2.24) is 9.38 Å². The first-order chi connectivity index (χ1) is 9.74. The lowest BCUT2D eigenvalue weighted by molar-refractivity contribution is 0.828. The van der Waals surface area contributed by atoms with Crippen LogP contribution >= 0.6 is 0 Å². The largest absolute Gasteiger partial charge is 0.358 e. The number of nitrogens with zero attached hydrogens (tertiary/aromatic N) is 3. The van der Waals surface area contributed by atoms with E-state index in [0.717, 1.165) is 35.3 Å². The van der Waals surface area contributed by atoms with Crippen LogP contribution in [0.1, 0.15) is 13.8 Å². The molecule has 0 saturated heterocycles. The van der Waals surface area contributed by atoms with Gasteiger partial charge in [-0.2, -0.15) is 4.98 Å². The Morgan fingerprint density at radius 3 is 2.65 bits per heavy atom. The second-order valence-corrected chi connectivity index (χ2v) is 4.72. The molecule has 0 atom stereocenters. The third kappa shape index (κ3) is 1.93. The summed E-state index contributed by atoms with van der Waals surface area (Å²) >= 11 is 0. The molecule has 0 aliphatic rings. The van der Waals surface area contributed by atoms with Gasteiger partial charge in [-0.3, -0.25) is 9.20 Å². The van der Waals surface area contributed by atoms with Gasteiger partial charge in [0.2, 0.25) is 0 Å². The van der Waals surface area contributed by atoms with Crippen molar-refractivity contribution in [3.8, 4) is 0 Å². The summed E-state index contributed by atoms with van der Waals surface area (Å²) in [7, 11) is 0. The number of benzene rings is 1. The van der Waals surface area contributed by atoms with E-state index in [1.165, 1.54) is 0 Å². The molecule has 0 bridgehead atoms. The van der Waals surface area contributed by atoms with Crippen LogP contribution in [-0.2, 0) is 0 Å². The first kappa shape index (κ1) is 12.7. The normalized spacial score (nSPS) is 11.1. The van der Waals surface area contributed by atoms with Crippen LogP contribution in [0.15, 0.2) is 47.4 Å². The highest BCUT2D eigenvalue weighted by molar-refractivity contribution is 5.94. The highest BCUT2D eigenvalue weighted by atomic mass is 16.1. The minimum atomic E-state index is -0.191. The topological polar surface area (TPSA) is 37.6 Å². The summed E-state index contributed by atoms with van der Waals surface area (Å²) in [4.78, 5) is 18.3. The Morgan fingerprint density at radius 2 is 1.90 bits per heavy atom. The molecule has 3 aromatic rings. The average Bonchev–Trinajstić information content (AvgIpc) is 2.48. The molecule has 2 aromatic heterocycles. The molecule has 4 heteroatoms. The van der Waals surface area contributed by atoms with Crippen molar-refractivity contribution in [3.05, 3.63) is 52.9 Å². The molecule has 3 rings (SSSR count). The molecule has 1 aromatic carbocycles. The fourth-order valence-electron chi connectivity index (χ4n) is 2.61. The zero-order valence-electron chi connectivity index (χ0n) is 11.7. The van der Waals surface area contributed by atoms with E-state index in [-0.39, 0.29) is 5.56 Å². The van der Waals surface area contributed by atoms with Gasteiger partial charge in [-0.25, -0.2) is 0 Å². The van der Waals surface area contributed by atoms with Crippen molar-refractivity contribution >= 4 is 22.2 Å². The van der Waals surface area contributed by atoms with Gasteiger partial charge in [0.15, 0.2) is 0 Å². The van der Waals surface area contributed by atoms with Gasteiger partial charge < -0.3 is 4.90 Å². The second kappa shape index (κ2) is 4.96. The number of pyridine rings is 1. The molecule has 0 radical (unpaired) electrons. The van der Waals surface area contributed by atoms with Crippen molar-refractivity contribution in [1.29, 1.82) is 0 Å². The fourth-order valence-corrected chi connectivity index (χ4v) is 2.61. The van der Waals surface area contributed by atoms with Gasteiger partial charge >= 0.3 is 0 Å². The van der Waals surface area contributed by atoms with Crippen molar-refractivity contribution in [2.75, 3.05) is 18.0 Å². The van der Waals surface area contributed by atoms with Crippen molar-refractivity contribution < 1.29 is 0 Å². The number of hydrogen-bond donors (Lipinski definition) is 0. The molecule has 0 aliphatic heterocycles. The van der Waals surface area contributed by atoms with Gasteiger partial charge in [0, 0.05) is 30.7 Å². The van der Waals surface area contributed by atoms with Gasteiger partial charge in [-0.1, -0.05) is 24.3 Å². The molecular weight excluding hydrogens is 250 g/mol. The summed E-state index contributed by atoms with van der Waals surface area (Å²) in [6.07, 6.45) is 1.98. The van der Waals surface area contributed by atoms with Crippen LogP contribution in [0.5, 0.6) is 0 Å². The maximum atomic E-state index is 11.9. The Hall–Kier alpha value is -2.36. The maximum Gasteiger partial charge on any atom is 0.275 e. The predicted octanol–water partition coefficient (Wildman–Crippen LogP) is 2.69. The third-order valence-electron chi connectivity index (χ3n) is 3.64. The van der Waals surface area contributed by atoms with Gasteiger partial charge in [0.1, 0.15) is 11.5 Å². The van der Waals surface area contributed by atoms with E-state index in [1.807, 2.05) is 34.9 Å². The van der Waals surface area contributed by atoms with E-state index in [9.17, 15) is 4.79 Å². The SMILES string of the molecule is CCN(CC)c1cc(=O)nc2c3ccccc3ccn12. The van der Waals surface area contributed by atoms with Crippen LogP contribution in [0, 0.1) is 0 Å². The highest BCUT2D eigenvalue weighted by Gasteiger charge is 2.10. The fraction of sp³-hybridized carbons (Fsp3) is 0.250. The molecule has 0 amide bonds. The first-order valence-corrected chi connectivity index (χ1v) is 6.90. The minimum absolute atomic E-state index is 0.191. The number of anilines is 1. The van der Waals surface area contributed by atoms with Crippen LogP contribution in [0.2, 0.25) is 0 Å². The maximum absolute atomic E-state index is 11.9. The van der Waals surface area contributed by atoms with E-state index in [4.69, 9.17) is 0 Å². The monoisotopic (exact) mass is 267 g/mol. The van der Waals surface area contributed by atoms with E-state index in [0.29, 0.717) is 0 Å². The Bertz CT molecular complexity index is 819. The third-order valence-corrected chi connectivity index (χ3v) is 3.64. The van der Waals surface area contributed by atoms with E-state index < -0.39 is 0 Å². The number of fused-ring (bicyclic) bond motifs is 3. The molecule has 102 valence electrons. The Morgan fingerprint density at radius 1 is 1.15 bits per heavy atom. The molecule has 2 heterocycles. The summed E-state index contributed by atoms with van der Waals surface area (Å²) in [5.74, 6) is 0.899. The Balaban J connectivity index is 2.43. The zero-order valence-corrected chi connectivity index (χ0v) is 11.7. The number of hydrogen-bond acceptors (Lipinski definition) is 3. The molecule has 20 heavy (non-hydrogen) atoms. The summed E-state index contributed by atoms with van der Waals surface area (Å²) < 4.78 is 2.00. The Kier molecular flexibility index (Phi) is 3.14. The summed E-state index contributed by atoms with van der Waals surface area (Å²) in [5.41, 5.74) is 0.528. The first-order valence-electron chi connectivity index (χ1n) is 6.90. The number of aromatic nitrogens is 2. The van der Waals surface area contributed by atoms with Gasteiger partial charge in [0.05, 0.1) is 0 Å². The molecule has 0 saturated carbocycles. The smallest absolute Gasteiger partial charge is 0.275 e. The zero-order chi connectivity index (χ0) is 14.1. The second-order valence-electron chi connectivity index (χ2n) is 4.72. The van der Waals surface area contributed by atoms with Crippen LogP contribution in [-0.4, -0.2) is 22.5 Å². The van der Waals surface area contributed by atoms with Gasteiger partial charge in [-0.15, -0.1) is 0 Å². The van der Waals surface area contributed by atoms with Gasteiger partial charge in [0.25, 0.3) is 5.56 Å². The van der Waals surface area contributed by atoms with Crippen molar-refractivity contribution in [2.24, 2.45) is 0 Å². The summed E-state index contributed by atoms with van der Waals surface area (Å²) in [6, 6.07) is 11.7. The highest BCUT2D eigenvalue weighted by Crippen LogP contribution is 2.21. The van der Waals surface area contributed by atoms with Crippen LogP contribution in [0.25, 0.3) is 16.4 Å². The molecule has 0 aliphatic carbocycles. The van der Waals surface area contributed by atoms with E-state index in [1.54, 1.807) is 6.07 Å². The lowest BCUT2D eigenvalue weighted by atomic mass is 10.1. The molecule has 4 nitrogen and oxygen atoms in total. The molecular formula is C16H17N3O. The minimum Gasteiger partial charge on any atom is -0.358 e. The van der Waals surface area contributed by atoms with Gasteiger partial charge in [-0.05, 0) is 25.3 Å². The lowest BCUT2D eigenvalue weighted by Crippen LogP contribution is -2.26. The van der Waals surface area contributed by atoms with Crippen LogP contribution in [0.4, 0.5) is 5.82 Å². The van der Waals surface area contributed by atoms with E-state index in [2.05, 4.69) is 29.8 Å². The molecule has 0 fully saturated rings. The average molecular weight is 267 g/mol. The summed E-state index contributed by atoms with van der Waals surface area (Å²) in [5, 5.41) is 2.09. The summed E-state index contributed by atoms with van der Waals surface area (Å²) in [6.45, 7) is 5.88. The van der Waals surface area contributed by atoms with Crippen molar-refractivity contribution in [2.45, 2.75) is 13.8 Å².